The Kier molecular flexibility index (Phi) is 4.99. The smallest absolute Gasteiger partial charge is 0.0486 e. The molecule has 0 aliphatic rings. The molecule has 0 saturated carbocycles. The summed E-state index contributed by atoms with van der Waals surface area (Å²) in [4.78, 5) is 0. The third kappa shape index (κ3) is 3.47. The van der Waals surface area contributed by atoms with Crippen molar-refractivity contribution in [1.82, 2.24) is 0 Å². The molecule has 0 fully saturated rings. The van der Waals surface area contributed by atoms with Gasteiger partial charge in [-0.1, -0.05) is 61.2 Å². The van der Waals surface area contributed by atoms with Gasteiger partial charge >= 0.3 is 0 Å². The molecule has 0 nitrogen and oxygen atoms in total. The summed E-state index contributed by atoms with van der Waals surface area (Å²) >= 11 is 6.31. The van der Waals surface area contributed by atoms with E-state index in [1.807, 2.05) is 31.2 Å². The van der Waals surface area contributed by atoms with Crippen molar-refractivity contribution in [2.45, 2.75) is 13.8 Å². The molecule has 0 aliphatic carbocycles. The van der Waals surface area contributed by atoms with Crippen molar-refractivity contribution in [2.75, 3.05) is 0 Å². The Labute approximate surface area is 109 Å². The van der Waals surface area contributed by atoms with Gasteiger partial charge in [0.05, 0.1) is 0 Å². The lowest BCUT2D eigenvalue weighted by atomic mass is 10.0. The Morgan fingerprint density at radius 3 is 2.35 bits per heavy atom. The van der Waals surface area contributed by atoms with Crippen LogP contribution in [0.25, 0.3) is 6.08 Å². The zero-order valence-electron chi connectivity index (χ0n) is 10.3. The summed E-state index contributed by atoms with van der Waals surface area (Å²) in [7, 11) is 0. The van der Waals surface area contributed by atoms with Gasteiger partial charge < -0.3 is 0 Å². The average molecular weight is 245 g/mol. The van der Waals surface area contributed by atoms with E-state index in [9.17, 15) is 0 Å². The summed E-state index contributed by atoms with van der Waals surface area (Å²) < 4.78 is 0. The Morgan fingerprint density at radius 1 is 1.18 bits per heavy atom. The first-order valence-corrected chi connectivity index (χ1v) is 5.87. The molecule has 0 radical (unpaired) electrons. The van der Waals surface area contributed by atoms with Gasteiger partial charge in [-0.2, -0.15) is 0 Å². The van der Waals surface area contributed by atoms with Crippen LogP contribution in [0, 0.1) is 6.92 Å². The van der Waals surface area contributed by atoms with Crippen molar-refractivity contribution >= 4 is 17.7 Å². The molecule has 0 N–H and O–H groups in total. The van der Waals surface area contributed by atoms with Crippen LogP contribution in [-0.4, -0.2) is 0 Å². The van der Waals surface area contributed by atoms with E-state index in [-0.39, 0.29) is 0 Å². The molecule has 1 rings (SSSR count). The number of hydrogen-bond donors (Lipinski definition) is 0. The second-order valence-electron chi connectivity index (χ2n) is 3.85. The first-order chi connectivity index (χ1) is 8.10. The number of halogens is 1. The van der Waals surface area contributed by atoms with Gasteiger partial charge in [0.2, 0.25) is 0 Å². The highest BCUT2D eigenvalue weighted by atomic mass is 35.5. The van der Waals surface area contributed by atoms with Gasteiger partial charge in [0.1, 0.15) is 0 Å². The molecule has 0 unspecified atom stereocenters. The van der Waals surface area contributed by atoms with Crippen molar-refractivity contribution < 1.29 is 0 Å². The standard InChI is InChI=1S/C16H17Cl/c1-5-12(3)15(6-2)16(17)11-14-10-8-7-9-13(14)4/h5-11H,1-2H2,3-4H3/b15-12+,16-11+. The van der Waals surface area contributed by atoms with Crippen LogP contribution in [0.5, 0.6) is 0 Å². The zero-order chi connectivity index (χ0) is 12.8. The fourth-order valence-corrected chi connectivity index (χ4v) is 1.86. The third-order valence-corrected chi connectivity index (χ3v) is 2.98. The highest BCUT2D eigenvalue weighted by Gasteiger charge is 2.02. The van der Waals surface area contributed by atoms with Crippen LogP contribution in [0.2, 0.25) is 0 Å². The minimum atomic E-state index is 0.687. The summed E-state index contributed by atoms with van der Waals surface area (Å²) in [6, 6.07) is 8.12. The molecule has 1 heteroatoms. The second kappa shape index (κ2) is 6.27. The molecule has 0 bridgehead atoms. The lowest BCUT2D eigenvalue weighted by Crippen LogP contribution is -1.85. The molecule has 0 aromatic heterocycles. The predicted octanol–water partition coefficient (Wildman–Crippen LogP) is 5.26. The van der Waals surface area contributed by atoms with E-state index in [4.69, 9.17) is 11.6 Å². The van der Waals surface area contributed by atoms with E-state index in [0.29, 0.717) is 5.03 Å². The minimum Gasteiger partial charge on any atom is -0.0988 e. The topological polar surface area (TPSA) is 0 Å². The maximum absolute atomic E-state index is 6.31. The van der Waals surface area contributed by atoms with E-state index in [2.05, 4.69) is 26.1 Å². The van der Waals surface area contributed by atoms with E-state index in [1.54, 1.807) is 12.2 Å². The monoisotopic (exact) mass is 244 g/mol. The molecule has 88 valence electrons. The van der Waals surface area contributed by atoms with E-state index in [0.717, 1.165) is 16.7 Å². The molecule has 0 saturated heterocycles. The van der Waals surface area contributed by atoms with Crippen LogP contribution in [0.3, 0.4) is 0 Å². The summed E-state index contributed by atoms with van der Waals surface area (Å²) in [5.41, 5.74) is 4.26. The maximum atomic E-state index is 6.31. The van der Waals surface area contributed by atoms with Gasteiger partial charge in [-0.15, -0.1) is 0 Å². The van der Waals surface area contributed by atoms with Gasteiger partial charge in [-0.3, -0.25) is 0 Å². The number of benzene rings is 1. The summed E-state index contributed by atoms with van der Waals surface area (Å²) in [5.74, 6) is 0. The van der Waals surface area contributed by atoms with Crippen molar-refractivity contribution in [3.05, 3.63) is 76.9 Å². The highest BCUT2D eigenvalue weighted by Crippen LogP contribution is 2.24. The molecule has 0 atom stereocenters. The zero-order valence-corrected chi connectivity index (χ0v) is 11.1. The molecular formula is C16H17Cl. The molecule has 0 spiro atoms. The molecule has 17 heavy (non-hydrogen) atoms. The van der Waals surface area contributed by atoms with Gasteiger partial charge in [-0.25, -0.2) is 0 Å². The summed E-state index contributed by atoms with van der Waals surface area (Å²) in [5, 5.41) is 0.687. The van der Waals surface area contributed by atoms with Crippen LogP contribution in [-0.2, 0) is 0 Å². The molecule has 1 aromatic rings. The Hall–Kier alpha value is -1.53. The van der Waals surface area contributed by atoms with Crippen LogP contribution in [0.15, 0.2) is 65.8 Å². The second-order valence-corrected chi connectivity index (χ2v) is 4.26. The third-order valence-electron chi connectivity index (χ3n) is 2.66. The van der Waals surface area contributed by atoms with Gasteiger partial charge in [0.25, 0.3) is 0 Å². The quantitative estimate of drug-likeness (QED) is 0.634. The molecule has 0 amide bonds. The van der Waals surface area contributed by atoms with Crippen molar-refractivity contribution in [1.29, 1.82) is 0 Å². The van der Waals surface area contributed by atoms with Crippen molar-refractivity contribution in [3.8, 4) is 0 Å². The molecule has 1 aromatic carbocycles. The Bertz CT molecular complexity index is 490. The Morgan fingerprint density at radius 2 is 1.82 bits per heavy atom. The normalized spacial score (nSPS) is 13.0. The van der Waals surface area contributed by atoms with E-state index < -0.39 is 0 Å². The summed E-state index contributed by atoms with van der Waals surface area (Å²) in [6.45, 7) is 11.6. The number of aryl methyl sites for hydroxylation is 1. The lowest BCUT2D eigenvalue weighted by molar-refractivity contribution is 1.42. The molecule has 0 aliphatic heterocycles. The average Bonchev–Trinajstić information content (AvgIpc) is 2.32. The van der Waals surface area contributed by atoms with Gasteiger partial charge in [-0.05, 0) is 42.2 Å². The lowest BCUT2D eigenvalue weighted by Gasteiger charge is -2.05. The first-order valence-electron chi connectivity index (χ1n) is 5.49. The van der Waals surface area contributed by atoms with E-state index >= 15 is 0 Å². The van der Waals surface area contributed by atoms with Crippen LogP contribution >= 0.6 is 11.6 Å². The number of rotatable bonds is 4. The molecule has 0 heterocycles. The highest BCUT2D eigenvalue weighted by molar-refractivity contribution is 6.34. The first kappa shape index (κ1) is 13.5. The van der Waals surface area contributed by atoms with Crippen molar-refractivity contribution in [3.63, 3.8) is 0 Å². The predicted molar refractivity (Wildman–Crippen MR) is 78.1 cm³/mol. The number of allylic oxidation sites excluding steroid dienone is 5. The van der Waals surface area contributed by atoms with Crippen LogP contribution < -0.4 is 0 Å². The minimum absolute atomic E-state index is 0.687. The SMILES string of the molecule is C=C/C(C)=C(C=C)/C(Cl)=C\c1ccccc1C. The maximum Gasteiger partial charge on any atom is 0.0486 e. The van der Waals surface area contributed by atoms with Gasteiger partial charge in [0.15, 0.2) is 0 Å². The summed E-state index contributed by atoms with van der Waals surface area (Å²) in [6.07, 6.45) is 5.50. The molecular weight excluding hydrogens is 228 g/mol. The fraction of sp³-hybridized carbons (Fsp3) is 0.125. The largest absolute Gasteiger partial charge is 0.0988 e. The van der Waals surface area contributed by atoms with Crippen LogP contribution in [0.1, 0.15) is 18.1 Å². The van der Waals surface area contributed by atoms with Crippen LogP contribution in [0.4, 0.5) is 0 Å². The Balaban J connectivity index is 3.21. The van der Waals surface area contributed by atoms with Crippen molar-refractivity contribution in [2.24, 2.45) is 0 Å². The van der Waals surface area contributed by atoms with Gasteiger partial charge in [0, 0.05) is 5.03 Å². The van der Waals surface area contributed by atoms with E-state index in [1.165, 1.54) is 5.56 Å². The number of hydrogen-bond acceptors (Lipinski definition) is 0. The fourth-order valence-electron chi connectivity index (χ4n) is 1.52.